The second-order valence-corrected chi connectivity index (χ2v) is 7.34. The Morgan fingerprint density at radius 1 is 1.06 bits per heavy atom. The van der Waals surface area contributed by atoms with Crippen LogP contribution in [-0.4, -0.2) is 13.0 Å². The molecule has 0 aromatic heterocycles. The molecule has 8 heteroatoms. The van der Waals surface area contributed by atoms with E-state index in [9.17, 15) is 18.0 Å². The van der Waals surface area contributed by atoms with Gasteiger partial charge in [0.15, 0.2) is 0 Å². The average Bonchev–Trinajstić information content (AvgIpc) is 3.10. The Morgan fingerprint density at radius 3 is 2.55 bits per heavy atom. The van der Waals surface area contributed by atoms with Crippen LogP contribution >= 0.6 is 0 Å². The SMILES string of the molecule is COc1cc(Oc2ccc(C#N)cc2C(F)(F)F)ccc1C=C1C(=O)Nc2cccc(C)c21. The number of nitrogens with one attached hydrogen (secondary N) is 1. The van der Waals surface area contributed by atoms with E-state index in [0.717, 1.165) is 23.3 Å². The lowest BCUT2D eigenvalue weighted by molar-refractivity contribution is -0.138. The number of carbonyl (C=O) groups excluding carboxylic acids is 1. The fourth-order valence-electron chi connectivity index (χ4n) is 3.64. The molecular weight excluding hydrogens is 433 g/mol. The van der Waals surface area contributed by atoms with Crippen molar-refractivity contribution in [3.05, 3.63) is 82.4 Å². The van der Waals surface area contributed by atoms with Crippen LogP contribution in [0.2, 0.25) is 0 Å². The Bertz CT molecular complexity index is 1340. The van der Waals surface area contributed by atoms with Gasteiger partial charge in [-0.05, 0) is 55.0 Å². The first kappa shape index (κ1) is 22.0. The van der Waals surface area contributed by atoms with E-state index >= 15 is 0 Å². The molecular formula is C25H17F3N2O3. The highest BCUT2D eigenvalue weighted by atomic mass is 19.4. The zero-order chi connectivity index (χ0) is 23.8. The number of fused-ring (bicyclic) bond motifs is 1. The summed E-state index contributed by atoms with van der Waals surface area (Å²) >= 11 is 0. The average molecular weight is 450 g/mol. The molecule has 1 amide bonds. The number of methoxy groups -OCH3 is 1. The first-order valence-corrected chi connectivity index (χ1v) is 9.81. The van der Waals surface area contributed by atoms with Crippen molar-refractivity contribution in [3.63, 3.8) is 0 Å². The van der Waals surface area contributed by atoms with Crippen molar-refractivity contribution in [1.82, 2.24) is 0 Å². The molecule has 0 spiro atoms. The molecule has 0 fully saturated rings. The maximum absolute atomic E-state index is 13.4. The summed E-state index contributed by atoms with van der Waals surface area (Å²) in [7, 11) is 1.41. The Balaban J connectivity index is 1.71. The number of ether oxygens (including phenoxy) is 2. The Hall–Kier alpha value is -4.25. The number of amides is 1. The summed E-state index contributed by atoms with van der Waals surface area (Å²) in [5, 5.41) is 11.7. The smallest absolute Gasteiger partial charge is 0.420 e. The third-order valence-corrected chi connectivity index (χ3v) is 5.18. The van der Waals surface area contributed by atoms with Gasteiger partial charge in [0.05, 0.1) is 24.3 Å². The van der Waals surface area contributed by atoms with Crippen LogP contribution in [0.15, 0.2) is 54.6 Å². The number of hydrogen-bond donors (Lipinski definition) is 1. The van der Waals surface area contributed by atoms with E-state index in [1.54, 1.807) is 18.2 Å². The van der Waals surface area contributed by atoms with E-state index in [1.165, 1.54) is 25.3 Å². The fourth-order valence-corrected chi connectivity index (χ4v) is 3.64. The lowest BCUT2D eigenvalue weighted by atomic mass is 9.99. The van der Waals surface area contributed by atoms with Gasteiger partial charge in [-0.15, -0.1) is 0 Å². The van der Waals surface area contributed by atoms with Gasteiger partial charge >= 0.3 is 6.18 Å². The van der Waals surface area contributed by atoms with Crippen molar-refractivity contribution >= 4 is 23.2 Å². The first-order valence-electron chi connectivity index (χ1n) is 9.81. The molecule has 0 saturated heterocycles. The normalized spacial score (nSPS) is 13.9. The van der Waals surface area contributed by atoms with Crippen LogP contribution in [0.3, 0.4) is 0 Å². The van der Waals surface area contributed by atoms with Crippen molar-refractivity contribution in [1.29, 1.82) is 5.26 Å². The number of aryl methyl sites for hydroxylation is 1. The molecule has 0 bridgehead atoms. The molecule has 5 nitrogen and oxygen atoms in total. The quantitative estimate of drug-likeness (QED) is 0.482. The number of benzene rings is 3. The van der Waals surface area contributed by atoms with Crippen LogP contribution in [0.5, 0.6) is 17.2 Å². The topological polar surface area (TPSA) is 71.3 Å². The second kappa shape index (κ2) is 8.36. The summed E-state index contributed by atoms with van der Waals surface area (Å²) in [6.07, 6.45) is -3.03. The lowest BCUT2D eigenvalue weighted by Crippen LogP contribution is -2.07. The predicted octanol–water partition coefficient (Wildman–Crippen LogP) is 6.18. The number of alkyl halides is 3. The summed E-state index contributed by atoms with van der Waals surface area (Å²) in [5.74, 6) is -0.267. The van der Waals surface area contributed by atoms with E-state index in [0.29, 0.717) is 22.6 Å². The monoisotopic (exact) mass is 450 g/mol. The third-order valence-electron chi connectivity index (χ3n) is 5.18. The van der Waals surface area contributed by atoms with Gasteiger partial charge in [-0.2, -0.15) is 18.4 Å². The van der Waals surface area contributed by atoms with Gasteiger partial charge in [-0.25, -0.2) is 0 Å². The van der Waals surface area contributed by atoms with Gasteiger partial charge in [0, 0.05) is 28.5 Å². The minimum absolute atomic E-state index is 0.108. The van der Waals surface area contributed by atoms with Crippen molar-refractivity contribution in [2.45, 2.75) is 13.1 Å². The molecule has 33 heavy (non-hydrogen) atoms. The molecule has 0 radical (unpaired) electrons. The van der Waals surface area contributed by atoms with Crippen LogP contribution in [-0.2, 0) is 11.0 Å². The molecule has 1 aliphatic rings. The predicted molar refractivity (Wildman–Crippen MR) is 117 cm³/mol. The van der Waals surface area contributed by atoms with Gasteiger partial charge in [0.1, 0.15) is 17.2 Å². The number of nitrogens with zero attached hydrogens (tertiary/aromatic N) is 1. The van der Waals surface area contributed by atoms with E-state index < -0.39 is 17.5 Å². The largest absolute Gasteiger partial charge is 0.496 e. The molecule has 166 valence electrons. The summed E-state index contributed by atoms with van der Waals surface area (Å²) < 4.78 is 51.2. The van der Waals surface area contributed by atoms with Gasteiger partial charge < -0.3 is 14.8 Å². The molecule has 3 aromatic rings. The van der Waals surface area contributed by atoms with Gasteiger partial charge in [-0.1, -0.05) is 12.1 Å². The molecule has 3 aromatic carbocycles. The Labute approximate surface area is 187 Å². The van der Waals surface area contributed by atoms with Gasteiger partial charge in [-0.3, -0.25) is 4.79 Å². The number of anilines is 1. The summed E-state index contributed by atoms with van der Waals surface area (Å²) in [4.78, 5) is 12.5. The first-order chi connectivity index (χ1) is 15.7. The van der Waals surface area contributed by atoms with E-state index in [1.807, 2.05) is 25.1 Å². The van der Waals surface area contributed by atoms with E-state index in [4.69, 9.17) is 14.7 Å². The van der Waals surface area contributed by atoms with Crippen LogP contribution < -0.4 is 14.8 Å². The standard InChI is InChI=1S/C25H17F3N2O3/c1-14-4-3-5-20-23(14)18(24(31)30-20)11-16-7-8-17(12-22(16)32-2)33-21-9-6-15(13-29)10-19(21)25(26,27)28/h3-12H,1-2H3,(H,30,31). The maximum Gasteiger partial charge on any atom is 0.420 e. The van der Waals surface area contributed by atoms with Crippen molar-refractivity contribution in [3.8, 4) is 23.3 Å². The molecule has 0 unspecified atom stereocenters. The van der Waals surface area contributed by atoms with Gasteiger partial charge in [0.25, 0.3) is 5.91 Å². The fraction of sp³-hybridized carbons (Fsp3) is 0.120. The Kier molecular flexibility index (Phi) is 5.56. The highest BCUT2D eigenvalue weighted by Gasteiger charge is 2.35. The molecule has 4 rings (SSSR count). The van der Waals surface area contributed by atoms with Crippen LogP contribution in [0.25, 0.3) is 11.6 Å². The summed E-state index contributed by atoms with van der Waals surface area (Å²) in [6.45, 7) is 1.90. The molecule has 1 aliphatic heterocycles. The number of carbonyl (C=O) groups is 1. The summed E-state index contributed by atoms with van der Waals surface area (Å²) in [5.41, 5.74) is 2.27. The van der Waals surface area contributed by atoms with E-state index in [-0.39, 0.29) is 17.2 Å². The second-order valence-electron chi connectivity index (χ2n) is 7.34. The minimum Gasteiger partial charge on any atom is -0.496 e. The maximum atomic E-state index is 13.4. The highest BCUT2D eigenvalue weighted by Crippen LogP contribution is 2.41. The zero-order valence-electron chi connectivity index (χ0n) is 17.6. The number of hydrogen-bond acceptors (Lipinski definition) is 4. The van der Waals surface area contributed by atoms with Crippen LogP contribution in [0.4, 0.5) is 18.9 Å². The highest BCUT2D eigenvalue weighted by molar-refractivity contribution is 6.35. The molecule has 1 heterocycles. The Morgan fingerprint density at radius 2 is 1.85 bits per heavy atom. The number of rotatable bonds is 4. The summed E-state index contributed by atoms with van der Waals surface area (Å²) in [6, 6.07) is 14.9. The van der Waals surface area contributed by atoms with Crippen molar-refractivity contribution in [2.24, 2.45) is 0 Å². The molecule has 0 atom stereocenters. The van der Waals surface area contributed by atoms with Crippen molar-refractivity contribution in [2.75, 3.05) is 12.4 Å². The zero-order valence-corrected chi connectivity index (χ0v) is 17.6. The minimum atomic E-state index is -4.70. The molecule has 1 N–H and O–H groups in total. The number of halogens is 3. The molecule has 0 aliphatic carbocycles. The van der Waals surface area contributed by atoms with Crippen LogP contribution in [0, 0.1) is 18.3 Å². The number of nitriles is 1. The van der Waals surface area contributed by atoms with E-state index in [2.05, 4.69) is 5.32 Å². The van der Waals surface area contributed by atoms with Gasteiger partial charge in [0.2, 0.25) is 0 Å². The molecule has 0 saturated carbocycles. The van der Waals surface area contributed by atoms with Crippen molar-refractivity contribution < 1.29 is 27.4 Å². The third kappa shape index (κ3) is 4.26. The van der Waals surface area contributed by atoms with Crippen LogP contribution in [0.1, 0.15) is 27.8 Å². The lowest BCUT2D eigenvalue weighted by Gasteiger charge is -2.15.